The summed E-state index contributed by atoms with van der Waals surface area (Å²) in [6.07, 6.45) is 6.71. The first kappa shape index (κ1) is 11.9. The fourth-order valence-corrected chi connectivity index (χ4v) is 2.23. The van der Waals surface area contributed by atoms with E-state index in [-0.39, 0.29) is 11.9 Å². The number of nitro groups is 1. The van der Waals surface area contributed by atoms with E-state index in [9.17, 15) is 10.1 Å². The molecule has 0 saturated carbocycles. The van der Waals surface area contributed by atoms with Crippen molar-refractivity contribution >= 4 is 5.88 Å². The van der Waals surface area contributed by atoms with Crippen LogP contribution in [0.1, 0.15) is 37.5 Å². The molecule has 0 spiro atoms. The maximum absolute atomic E-state index is 10.6. The molecule has 1 heterocycles. The molecular formula is C12H16N2O3. The van der Waals surface area contributed by atoms with Gasteiger partial charge < -0.3 is 9.73 Å². The molecule has 0 fully saturated rings. The minimum atomic E-state index is -0.508. The molecule has 0 saturated heterocycles. The Morgan fingerprint density at radius 1 is 1.47 bits per heavy atom. The minimum Gasteiger partial charge on any atom is -0.404 e. The van der Waals surface area contributed by atoms with Gasteiger partial charge in [-0.25, -0.2) is 0 Å². The Balaban J connectivity index is 2.22. The van der Waals surface area contributed by atoms with Crippen molar-refractivity contribution in [3.63, 3.8) is 0 Å². The zero-order valence-corrected chi connectivity index (χ0v) is 9.81. The Bertz CT molecular complexity index is 437. The fraction of sp³-hybridized carbons (Fsp3) is 0.500. The highest BCUT2D eigenvalue weighted by molar-refractivity contribution is 5.27. The van der Waals surface area contributed by atoms with Gasteiger partial charge in [-0.3, -0.25) is 10.1 Å². The summed E-state index contributed by atoms with van der Waals surface area (Å²) < 4.78 is 5.25. The number of nitrogens with zero attached hydrogens (tertiary/aromatic N) is 1. The molecule has 17 heavy (non-hydrogen) atoms. The molecule has 1 N–H and O–H groups in total. The summed E-state index contributed by atoms with van der Waals surface area (Å²) in [5, 5.41) is 13.7. The van der Waals surface area contributed by atoms with Crippen LogP contribution >= 0.6 is 0 Å². The Morgan fingerprint density at radius 3 is 2.82 bits per heavy atom. The highest BCUT2D eigenvalue weighted by Gasteiger charge is 2.22. The van der Waals surface area contributed by atoms with E-state index < -0.39 is 4.92 Å². The molecule has 0 aliphatic heterocycles. The van der Waals surface area contributed by atoms with Crippen LogP contribution in [0.15, 0.2) is 28.2 Å². The Hall–Kier alpha value is -1.62. The van der Waals surface area contributed by atoms with Gasteiger partial charge >= 0.3 is 5.88 Å². The third-order valence-corrected chi connectivity index (χ3v) is 3.06. The van der Waals surface area contributed by atoms with Crippen molar-refractivity contribution in [3.8, 4) is 0 Å². The second kappa shape index (κ2) is 5.14. The molecule has 0 amide bonds. The van der Waals surface area contributed by atoms with Gasteiger partial charge in [0.05, 0.1) is 12.1 Å². The number of allylic oxidation sites excluding steroid dienone is 1. The second-order valence-electron chi connectivity index (χ2n) is 4.18. The second-order valence-corrected chi connectivity index (χ2v) is 4.18. The van der Waals surface area contributed by atoms with E-state index in [1.807, 2.05) is 7.05 Å². The smallest absolute Gasteiger partial charge is 0.404 e. The van der Waals surface area contributed by atoms with E-state index >= 15 is 0 Å². The van der Waals surface area contributed by atoms with Crippen LogP contribution in [-0.2, 0) is 0 Å². The Labute approximate surface area is 99.7 Å². The molecule has 1 aliphatic rings. The summed E-state index contributed by atoms with van der Waals surface area (Å²) in [6.45, 7) is 0. The van der Waals surface area contributed by atoms with Gasteiger partial charge in [-0.05, 0) is 44.4 Å². The number of hydrogen-bond donors (Lipinski definition) is 1. The van der Waals surface area contributed by atoms with E-state index in [1.165, 1.54) is 24.5 Å². The number of hydrogen-bond acceptors (Lipinski definition) is 4. The SMILES string of the molecule is CNC(C1=CCCCC1)c1ccc([N+](=O)[O-])o1. The largest absolute Gasteiger partial charge is 0.433 e. The van der Waals surface area contributed by atoms with E-state index in [0.29, 0.717) is 5.76 Å². The van der Waals surface area contributed by atoms with Crippen molar-refractivity contribution in [1.29, 1.82) is 0 Å². The zero-order valence-electron chi connectivity index (χ0n) is 9.81. The molecule has 5 heteroatoms. The molecular weight excluding hydrogens is 220 g/mol. The molecule has 92 valence electrons. The summed E-state index contributed by atoms with van der Waals surface area (Å²) in [5.74, 6) is 0.420. The van der Waals surface area contributed by atoms with E-state index in [4.69, 9.17) is 4.42 Å². The van der Waals surface area contributed by atoms with Crippen molar-refractivity contribution in [2.24, 2.45) is 0 Å². The molecule has 0 bridgehead atoms. The molecule has 2 rings (SSSR count). The topological polar surface area (TPSA) is 68.3 Å². The van der Waals surface area contributed by atoms with Gasteiger partial charge in [0.1, 0.15) is 10.7 Å². The van der Waals surface area contributed by atoms with Crippen molar-refractivity contribution < 1.29 is 9.34 Å². The molecule has 1 aromatic rings. The van der Waals surface area contributed by atoms with Crippen molar-refractivity contribution in [3.05, 3.63) is 39.7 Å². The van der Waals surface area contributed by atoms with Gasteiger partial charge in [0.25, 0.3) is 0 Å². The van der Waals surface area contributed by atoms with Gasteiger partial charge in [-0.15, -0.1) is 0 Å². The van der Waals surface area contributed by atoms with Crippen molar-refractivity contribution in [2.75, 3.05) is 7.05 Å². The first-order valence-corrected chi connectivity index (χ1v) is 5.82. The van der Waals surface area contributed by atoms with Crippen LogP contribution in [0.25, 0.3) is 0 Å². The van der Waals surface area contributed by atoms with Gasteiger partial charge in [0.2, 0.25) is 0 Å². The van der Waals surface area contributed by atoms with Gasteiger partial charge in [0.15, 0.2) is 0 Å². The van der Waals surface area contributed by atoms with Crippen LogP contribution in [0, 0.1) is 10.1 Å². The number of nitrogens with one attached hydrogen (secondary N) is 1. The number of likely N-dealkylation sites (N-methyl/N-ethyl adjacent to an activating group) is 1. The third kappa shape index (κ3) is 2.55. The lowest BCUT2D eigenvalue weighted by molar-refractivity contribution is -0.402. The van der Waals surface area contributed by atoms with E-state index in [2.05, 4.69) is 11.4 Å². The maximum atomic E-state index is 10.6. The Kier molecular flexibility index (Phi) is 3.58. The normalized spacial score (nSPS) is 17.6. The zero-order chi connectivity index (χ0) is 12.3. The fourth-order valence-electron chi connectivity index (χ4n) is 2.23. The average molecular weight is 236 g/mol. The van der Waals surface area contributed by atoms with E-state index in [0.717, 1.165) is 12.8 Å². The quantitative estimate of drug-likeness (QED) is 0.495. The lowest BCUT2D eigenvalue weighted by Gasteiger charge is -2.20. The van der Waals surface area contributed by atoms with Crippen LogP contribution in [0.2, 0.25) is 0 Å². The number of furan rings is 1. The van der Waals surface area contributed by atoms with Gasteiger partial charge in [-0.2, -0.15) is 0 Å². The first-order chi connectivity index (χ1) is 8.22. The van der Waals surface area contributed by atoms with Gasteiger partial charge in [-0.1, -0.05) is 6.08 Å². The lowest BCUT2D eigenvalue weighted by atomic mass is 9.93. The average Bonchev–Trinajstić information content (AvgIpc) is 2.81. The summed E-state index contributed by atoms with van der Waals surface area (Å²) in [5.41, 5.74) is 1.27. The highest BCUT2D eigenvalue weighted by Crippen LogP contribution is 2.31. The lowest BCUT2D eigenvalue weighted by Crippen LogP contribution is -2.19. The van der Waals surface area contributed by atoms with Crippen LogP contribution in [0.5, 0.6) is 0 Å². The van der Waals surface area contributed by atoms with E-state index in [1.54, 1.807) is 6.07 Å². The predicted molar refractivity (Wildman–Crippen MR) is 63.7 cm³/mol. The summed E-state index contributed by atoms with van der Waals surface area (Å²) in [7, 11) is 1.84. The van der Waals surface area contributed by atoms with Crippen LogP contribution in [0.4, 0.5) is 5.88 Å². The number of rotatable bonds is 4. The molecule has 1 aliphatic carbocycles. The molecule has 5 nitrogen and oxygen atoms in total. The summed E-state index contributed by atoms with van der Waals surface area (Å²) >= 11 is 0. The first-order valence-electron chi connectivity index (χ1n) is 5.82. The minimum absolute atomic E-state index is 0.0380. The summed E-state index contributed by atoms with van der Waals surface area (Å²) in [6, 6.07) is 3.04. The molecule has 1 unspecified atom stereocenters. The maximum Gasteiger partial charge on any atom is 0.433 e. The molecule has 1 atom stereocenters. The molecule has 0 aromatic carbocycles. The van der Waals surface area contributed by atoms with Crippen LogP contribution < -0.4 is 5.32 Å². The van der Waals surface area contributed by atoms with Gasteiger partial charge in [0, 0.05) is 0 Å². The van der Waals surface area contributed by atoms with Crippen LogP contribution in [0.3, 0.4) is 0 Å². The standard InChI is InChI=1S/C12H16N2O3/c1-13-12(9-5-3-2-4-6-9)10-7-8-11(17-10)14(15)16/h5,7-8,12-13H,2-4,6H2,1H3. The Morgan fingerprint density at radius 2 is 2.29 bits per heavy atom. The van der Waals surface area contributed by atoms with Crippen LogP contribution in [-0.4, -0.2) is 12.0 Å². The summed E-state index contributed by atoms with van der Waals surface area (Å²) in [4.78, 5) is 10.1. The molecule has 0 radical (unpaired) electrons. The van der Waals surface area contributed by atoms with Crippen molar-refractivity contribution in [2.45, 2.75) is 31.7 Å². The highest BCUT2D eigenvalue weighted by atomic mass is 16.6. The van der Waals surface area contributed by atoms with Crippen molar-refractivity contribution in [1.82, 2.24) is 5.32 Å². The monoisotopic (exact) mass is 236 g/mol. The third-order valence-electron chi connectivity index (χ3n) is 3.06. The predicted octanol–water partition coefficient (Wildman–Crippen LogP) is 2.95. The molecule has 1 aromatic heterocycles.